The molecule has 0 atom stereocenters. The summed E-state index contributed by atoms with van der Waals surface area (Å²) in [6.45, 7) is 16.3. The summed E-state index contributed by atoms with van der Waals surface area (Å²) >= 11 is 0. The quantitative estimate of drug-likeness (QED) is 0.0277. The Morgan fingerprint density at radius 1 is 0.435 bits per heavy atom. The number of carbonyl (C=O) groups is 6. The number of ether oxygens (including phenoxy) is 6. The number of rotatable bonds is 20. The lowest BCUT2D eigenvalue weighted by atomic mass is 9.70. The Morgan fingerprint density at radius 2 is 0.677 bits per heavy atom. The molecule has 62 heavy (non-hydrogen) atoms. The Hall–Kier alpha value is -7.68. The lowest BCUT2D eigenvalue weighted by molar-refractivity contribution is -0.138. The highest BCUT2D eigenvalue weighted by Gasteiger charge is 2.33. The third kappa shape index (κ3) is 13.4. The first-order valence-corrected chi connectivity index (χ1v) is 19.4. The minimum absolute atomic E-state index is 0.0196. The van der Waals surface area contributed by atoms with Crippen molar-refractivity contribution in [3.63, 3.8) is 0 Å². The van der Waals surface area contributed by atoms with Gasteiger partial charge in [-0.15, -0.1) is 0 Å². The van der Waals surface area contributed by atoms with Gasteiger partial charge in [0.25, 0.3) is 0 Å². The molecule has 0 unspecified atom stereocenters. The summed E-state index contributed by atoms with van der Waals surface area (Å²) in [5, 5.41) is 7.57. The molecule has 4 aromatic carbocycles. The van der Waals surface area contributed by atoms with Crippen molar-refractivity contribution in [2.75, 3.05) is 39.5 Å². The Morgan fingerprint density at radius 3 is 0.952 bits per heavy atom. The number of carbonyl (C=O) groups excluding carboxylic acids is 6. The van der Waals surface area contributed by atoms with Crippen LogP contribution >= 0.6 is 0 Å². The maximum absolute atomic E-state index is 12.4. The maximum atomic E-state index is 12.4. The van der Waals surface area contributed by atoms with E-state index in [0.29, 0.717) is 5.75 Å². The average Bonchev–Trinajstić information content (AvgIpc) is 3.28. The molecule has 324 valence electrons. The topological polar surface area (TPSA) is 194 Å². The van der Waals surface area contributed by atoms with Gasteiger partial charge in [-0.05, 0) is 71.1 Å². The largest absolute Gasteiger partial charge is 0.461 e. The third-order valence-electron chi connectivity index (χ3n) is 9.60. The van der Waals surface area contributed by atoms with E-state index in [1.54, 1.807) is 36.4 Å². The first-order valence-electron chi connectivity index (χ1n) is 19.4. The molecule has 15 nitrogen and oxygen atoms in total. The van der Waals surface area contributed by atoms with Crippen LogP contribution in [0.2, 0.25) is 0 Å². The van der Waals surface area contributed by atoms with Gasteiger partial charge in [0.05, 0.1) is 19.6 Å². The molecule has 0 heterocycles. The van der Waals surface area contributed by atoms with Crippen molar-refractivity contribution in [2.45, 2.75) is 31.6 Å². The summed E-state index contributed by atoms with van der Waals surface area (Å²) in [6, 6.07) is 29.5. The number of benzene rings is 4. The average molecular weight is 848 g/mol. The van der Waals surface area contributed by atoms with Crippen LogP contribution in [0, 0.1) is 0 Å². The molecule has 0 bridgehead atoms. The molecule has 0 saturated heterocycles. The summed E-state index contributed by atoms with van der Waals surface area (Å²) in [5.74, 6) is -0.884. The van der Waals surface area contributed by atoms with Gasteiger partial charge in [-0.3, -0.25) is 0 Å². The van der Waals surface area contributed by atoms with Gasteiger partial charge < -0.3 is 44.4 Å². The predicted octanol–water partition coefficient (Wildman–Crippen LogP) is 6.82. The van der Waals surface area contributed by atoms with E-state index in [-0.39, 0.29) is 51.0 Å². The van der Waals surface area contributed by atoms with Gasteiger partial charge in [0.1, 0.15) is 37.1 Å². The fraction of sp³-hybridized carbons (Fsp3) is 0.234. The highest BCUT2D eigenvalue weighted by molar-refractivity contribution is 5.82. The van der Waals surface area contributed by atoms with E-state index < -0.39 is 47.0 Å². The first-order chi connectivity index (χ1) is 29.7. The molecular weight excluding hydrogens is 799 g/mol. The molecule has 0 radical (unpaired) electrons. The van der Waals surface area contributed by atoms with Crippen molar-refractivity contribution in [1.82, 2.24) is 16.0 Å². The van der Waals surface area contributed by atoms with Crippen LogP contribution in [0.25, 0.3) is 0 Å². The Balaban J connectivity index is 1.53. The molecule has 0 aliphatic rings. The zero-order valence-corrected chi connectivity index (χ0v) is 34.7. The lowest BCUT2D eigenvalue weighted by Crippen LogP contribution is -2.30. The van der Waals surface area contributed by atoms with Crippen molar-refractivity contribution in [3.05, 3.63) is 163 Å². The number of esters is 3. The van der Waals surface area contributed by atoms with Gasteiger partial charge in [0, 0.05) is 29.1 Å². The maximum Gasteiger partial charge on any atom is 0.412 e. The summed E-state index contributed by atoms with van der Waals surface area (Å²) in [5.41, 5.74) is 3.36. The van der Waals surface area contributed by atoms with Gasteiger partial charge >= 0.3 is 36.2 Å². The molecule has 3 N–H and O–H groups in total. The number of hydrogen-bond acceptors (Lipinski definition) is 12. The summed E-state index contributed by atoms with van der Waals surface area (Å²) in [7, 11) is 0. The molecule has 15 heteroatoms. The lowest BCUT2D eigenvalue weighted by Gasteiger charge is -2.33. The van der Waals surface area contributed by atoms with E-state index in [2.05, 4.69) is 56.5 Å². The van der Waals surface area contributed by atoms with Crippen molar-refractivity contribution in [2.24, 2.45) is 0 Å². The minimum Gasteiger partial charge on any atom is -0.461 e. The molecule has 0 aromatic heterocycles. The normalized spacial score (nSPS) is 10.8. The second kappa shape index (κ2) is 22.6. The van der Waals surface area contributed by atoms with Crippen molar-refractivity contribution in [1.29, 1.82) is 0 Å². The predicted molar refractivity (Wildman–Crippen MR) is 229 cm³/mol. The van der Waals surface area contributed by atoms with Crippen LogP contribution in [0.1, 0.15) is 48.6 Å². The molecule has 0 spiro atoms. The van der Waals surface area contributed by atoms with Gasteiger partial charge in [-0.25, -0.2) is 28.8 Å². The Kier molecular flexibility index (Phi) is 17.2. The zero-order valence-electron chi connectivity index (χ0n) is 34.7. The fourth-order valence-corrected chi connectivity index (χ4v) is 6.06. The molecule has 0 saturated carbocycles. The monoisotopic (exact) mass is 847 g/mol. The van der Waals surface area contributed by atoms with Crippen LogP contribution in [0.3, 0.4) is 0 Å². The second-order valence-corrected chi connectivity index (χ2v) is 14.0. The molecule has 3 amide bonds. The summed E-state index contributed by atoms with van der Waals surface area (Å²) < 4.78 is 30.8. The zero-order chi connectivity index (χ0) is 45.1. The summed E-state index contributed by atoms with van der Waals surface area (Å²) in [4.78, 5) is 70.8. The summed E-state index contributed by atoms with van der Waals surface area (Å²) in [6.07, 6.45) is 0.962. The van der Waals surface area contributed by atoms with E-state index in [9.17, 15) is 28.8 Å². The first kappa shape index (κ1) is 47.0. The standard InChI is InChI=1S/C47H49N3O12/c1-7-40(51)57-29-26-48-43(54)60-37-20-14-33(15-21-37)46(4,5)32-10-12-34(13-11-32)47(6,35-16-22-38(23-17-35)61-44(55)49-27-30-58-41(52)8-2)36-18-24-39(25-19-36)62-45(56)50-28-31-59-42(53)9-3/h7-25H,1-3,26-31H2,4-6H3,(H,48,54)(H,49,55)(H,50,56). The molecular formula is C47H49N3O12. The number of hydrogen-bond donors (Lipinski definition) is 3. The Bertz CT molecular complexity index is 2130. The highest BCUT2D eigenvalue weighted by atomic mass is 16.6. The van der Waals surface area contributed by atoms with Gasteiger partial charge in [-0.2, -0.15) is 0 Å². The van der Waals surface area contributed by atoms with E-state index in [1.165, 1.54) is 0 Å². The van der Waals surface area contributed by atoms with Crippen LogP contribution in [-0.2, 0) is 39.4 Å². The molecule has 0 aliphatic carbocycles. The van der Waals surface area contributed by atoms with Crippen molar-refractivity contribution < 1.29 is 57.2 Å². The van der Waals surface area contributed by atoms with Crippen LogP contribution in [-0.4, -0.2) is 75.6 Å². The SMILES string of the molecule is C=CC(=O)OCCNC(=O)Oc1ccc(C(C)(C)c2ccc(C(C)(c3ccc(OC(=O)NCCOC(=O)C=C)cc3)c3ccc(OC(=O)NCCOC(=O)C=C)cc3)cc2)cc1. The van der Waals surface area contributed by atoms with Gasteiger partial charge in [0.15, 0.2) is 0 Å². The molecule has 0 fully saturated rings. The smallest absolute Gasteiger partial charge is 0.412 e. The number of nitrogens with one attached hydrogen (secondary N) is 3. The van der Waals surface area contributed by atoms with E-state index in [0.717, 1.165) is 46.0 Å². The van der Waals surface area contributed by atoms with Crippen LogP contribution in [0.4, 0.5) is 14.4 Å². The minimum atomic E-state index is -0.777. The van der Waals surface area contributed by atoms with Crippen molar-refractivity contribution >= 4 is 36.2 Å². The molecule has 4 rings (SSSR count). The highest BCUT2D eigenvalue weighted by Crippen LogP contribution is 2.41. The van der Waals surface area contributed by atoms with Crippen LogP contribution in [0.15, 0.2) is 135 Å². The van der Waals surface area contributed by atoms with Gasteiger partial charge in [0.2, 0.25) is 0 Å². The van der Waals surface area contributed by atoms with E-state index in [1.807, 2.05) is 60.7 Å². The van der Waals surface area contributed by atoms with E-state index in [4.69, 9.17) is 28.4 Å². The van der Waals surface area contributed by atoms with Crippen LogP contribution < -0.4 is 30.2 Å². The van der Waals surface area contributed by atoms with E-state index >= 15 is 0 Å². The van der Waals surface area contributed by atoms with Gasteiger partial charge in [-0.1, -0.05) is 94.2 Å². The molecule has 4 aromatic rings. The fourth-order valence-electron chi connectivity index (χ4n) is 6.06. The third-order valence-corrected chi connectivity index (χ3v) is 9.60. The Labute approximate surface area is 359 Å². The van der Waals surface area contributed by atoms with Crippen molar-refractivity contribution in [3.8, 4) is 17.2 Å². The van der Waals surface area contributed by atoms with Crippen LogP contribution in [0.5, 0.6) is 17.2 Å². The molecule has 0 aliphatic heterocycles. The number of amides is 3. The second-order valence-electron chi connectivity index (χ2n) is 14.0.